The van der Waals surface area contributed by atoms with E-state index in [4.69, 9.17) is 10.3 Å². The first-order valence-electron chi connectivity index (χ1n) is 5.04. The molecule has 0 unspecified atom stereocenters. The van der Waals surface area contributed by atoms with E-state index in [1.54, 1.807) is 0 Å². The van der Waals surface area contributed by atoms with E-state index in [0.717, 1.165) is 25.7 Å². The Morgan fingerprint density at radius 2 is 2.00 bits per heavy atom. The van der Waals surface area contributed by atoms with Crippen molar-refractivity contribution in [2.45, 2.75) is 50.5 Å². The predicted molar refractivity (Wildman–Crippen MR) is 52.8 cm³/mol. The van der Waals surface area contributed by atoms with E-state index in [0.29, 0.717) is 6.54 Å². The van der Waals surface area contributed by atoms with Gasteiger partial charge in [0.25, 0.3) is 0 Å². The van der Waals surface area contributed by atoms with Crippen LogP contribution in [0.1, 0.15) is 44.9 Å². The summed E-state index contributed by atoms with van der Waals surface area (Å²) in [5, 5.41) is 0. The zero-order valence-corrected chi connectivity index (χ0v) is 8.89. The molecular weight excluding hydrogens is 185 g/mol. The largest absolute Gasteiger partial charge is 0.330 e. The molecule has 0 spiro atoms. The molecule has 1 aliphatic carbocycles. The average molecular weight is 203 g/mol. The summed E-state index contributed by atoms with van der Waals surface area (Å²) in [6, 6.07) is 0. The van der Waals surface area contributed by atoms with Crippen molar-refractivity contribution in [3.63, 3.8) is 0 Å². The van der Waals surface area contributed by atoms with Crippen LogP contribution in [-0.4, -0.2) is 12.1 Å². The van der Waals surface area contributed by atoms with Gasteiger partial charge in [-0.15, -0.1) is 0 Å². The molecular formula is C9H18NO2P. The lowest BCUT2D eigenvalue weighted by atomic mass is 9.82. The molecule has 0 aromatic heterocycles. The Balaban J connectivity index is 2.45. The first-order chi connectivity index (χ1) is 6.33. The van der Waals surface area contributed by atoms with Gasteiger partial charge in [0.15, 0.2) is 0 Å². The van der Waals surface area contributed by atoms with Crippen molar-refractivity contribution in [3.8, 4) is 0 Å². The van der Waals surface area contributed by atoms with Crippen LogP contribution in [0.5, 0.6) is 0 Å². The van der Waals surface area contributed by atoms with Gasteiger partial charge in [-0.25, -0.2) is 4.57 Å². The molecule has 1 aliphatic rings. The minimum atomic E-state index is -0.177. The summed E-state index contributed by atoms with van der Waals surface area (Å²) < 4.78 is 15.8. The molecule has 0 atom stereocenters. The number of rotatable bonds is 5. The smallest absolute Gasteiger partial charge is 0.327 e. The van der Waals surface area contributed by atoms with Crippen LogP contribution >= 0.6 is 8.69 Å². The highest BCUT2D eigenvalue weighted by Crippen LogP contribution is 2.37. The molecule has 13 heavy (non-hydrogen) atoms. The lowest BCUT2D eigenvalue weighted by molar-refractivity contribution is 0.0333. The monoisotopic (exact) mass is 203 g/mol. The van der Waals surface area contributed by atoms with Gasteiger partial charge in [0.05, 0.1) is 5.60 Å². The standard InChI is InChI=1S/C9H18NO2P/c10-8-4-7-9(12-13-11)5-2-1-3-6-9/h1-8,10H2. The topological polar surface area (TPSA) is 52.3 Å². The van der Waals surface area contributed by atoms with Gasteiger partial charge in [-0.2, -0.15) is 0 Å². The van der Waals surface area contributed by atoms with Gasteiger partial charge < -0.3 is 5.73 Å². The summed E-state index contributed by atoms with van der Waals surface area (Å²) >= 11 is 0. The van der Waals surface area contributed by atoms with E-state index in [1.807, 2.05) is 0 Å². The summed E-state index contributed by atoms with van der Waals surface area (Å²) in [4.78, 5) is 0. The summed E-state index contributed by atoms with van der Waals surface area (Å²) in [6.07, 6.45) is 7.68. The Labute approximate surface area is 81.3 Å². The Kier molecular flexibility index (Phi) is 4.86. The molecule has 1 fully saturated rings. The molecule has 4 heteroatoms. The Morgan fingerprint density at radius 1 is 1.31 bits per heavy atom. The first kappa shape index (κ1) is 11.1. The molecule has 76 valence electrons. The molecule has 0 amide bonds. The average Bonchev–Trinajstić information content (AvgIpc) is 2.17. The summed E-state index contributed by atoms with van der Waals surface area (Å²) in [6.45, 7) is 0.695. The number of hydrogen-bond acceptors (Lipinski definition) is 3. The zero-order chi connectivity index (χ0) is 9.57. The summed E-state index contributed by atoms with van der Waals surface area (Å²) in [5.41, 5.74) is 5.34. The van der Waals surface area contributed by atoms with Gasteiger partial charge in [-0.3, -0.25) is 4.52 Å². The van der Waals surface area contributed by atoms with Crippen molar-refractivity contribution in [1.29, 1.82) is 0 Å². The van der Waals surface area contributed by atoms with E-state index in [2.05, 4.69) is 0 Å². The fourth-order valence-corrected chi connectivity index (χ4v) is 2.52. The van der Waals surface area contributed by atoms with Gasteiger partial charge in [0, 0.05) is 0 Å². The SMILES string of the molecule is NCCCC1(OP=O)CCCCC1. The molecule has 0 aromatic rings. The molecule has 0 aliphatic heterocycles. The molecule has 0 radical (unpaired) electrons. The highest BCUT2D eigenvalue weighted by molar-refractivity contribution is 7.17. The second kappa shape index (κ2) is 5.69. The van der Waals surface area contributed by atoms with E-state index in [-0.39, 0.29) is 14.3 Å². The Morgan fingerprint density at radius 3 is 2.54 bits per heavy atom. The first-order valence-corrected chi connectivity index (χ1v) is 5.77. The summed E-state index contributed by atoms with van der Waals surface area (Å²) in [7, 11) is -0.177. The van der Waals surface area contributed by atoms with Crippen LogP contribution in [0.2, 0.25) is 0 Å². The van der Waals surface area contributed by atoms with Crippen molar-refractivity contribution >= 4 is 8.69 Å². The van der Waals surface area contributed by atoms with Crippen LogP contribution in [0, 0.1) is 0 Å². The quantitative estimate of drug-likeness (QED) is 0.699. The van der Waals surface area contributed by atoms with Crippen molar-refractivity contribution in [1.82, 2.24) is 0 Å². The zero-order valence-electron chi connectivity index (χ0n) is 8.00. The van der Waals surface area contributed by atoms with Crippen LogP contribution in [0.25, 0.3) is 0 Å². The van der Waals surface area contributed by atoms with E-state index in [9.17, 15) is 4.57 Å². The Bertz CT molecular complexity index is 158. The molecule has 0 aromatic carbocycles. The van der Waals surface area contributed by atoms with E-state index < -0.39 is 0 Å². The third kappa shape index (κ3) is 3.34. The van der Waals surface area contributed by atoms with Crippen LogP contribution in [0.4, 0.5) is 0 Å². The Hall–Kier alpha value is 0.0200. The van der Waals surface area contributed by atoms with Gasteiger partial charge in [0.1, 0.15) is 0 Å². The third-order valence-corrected chi connectivity index (χ3v) is 3.29. The molecule has 0 bridgehead atoms. The fraction of sp³-hybridized carbons (Fsp3) is 1.00. The van der Waals surface area contributed by atoms with Crippen LogP contribution in [0.15, 0.2) is 0 Å². The molecule has 2 N–H and O–H groups in total. The number of nitrogens with two attached hydrogens (primary N) is 1. The lowest BCUT2D eigenvalue weighted by Crippen LogP contribution is -2.32. The van der Waals surface area contributed by atoms with Crippen molar-refractivity contribution in [3.05, 3.63) is 0 Å². The lowest BCUT2D eigenvalue weighted by Gasteiger charge is -2.34. The van der Waals surface area contributed by atoms with Gasteiger partial charge >= 0.3 is 8.69 Å². The predicted octanol–water partition coefficient (Wildman–Crippen LogP) is 2.65. The maximum absolute atomic E-state index is 10.5. The van der Waals surface area contributed by atoms with Crippen molar-refractivity contribution in [2.24, 2.45) is 5.73 Å². The van der Waals surface area contributed by atoms with E-state index >= 15 is 0 Å². The fourth-order valence-electron chi connectivity index (χ4n) is 2.09. The minimum absolute atomic E-state index is 0.124. The minimum Gasteiger partial charge on any atom is -0.330 e. The molecule has 0 saturated heterocycles. The third-order valence-electron chi connectivity index (χ3n) is 2.83. The van der Waals surface area contributed by atoms with Crippen molar-refractivity contribution < 1.29 is 9.09 Å². The van der Waals surface area contributed by atoms with Crippen LogP contribution in [-0.2, 0) is 9.09 Å². The van der Waals surface area contributed by atoms with Gasteiger partial charge in [0.2, 0.25) is 0 Å². The normalized spacial score (nSPS) is 21.9. The molecule has 1 saturated carbocycles. The van der Waals surface area contributed by atoms with Gasteiger partial charge in [-0.1, -0.05) is 19.3 Å². The van der Waals surface area contributed by atoms with Crippen molar-refractivity contribution in [2.75, 3.05) is 6.54 Å². The van der Waals surface area contributed by atoms with Gasteiger partial charge in [-0.05, 0) is 32.2 Å². The van der Waals surface area contributed by atoms with E-state index in [1.165, 1.54) is 19.3 Å². The van der Waals surface area contributed by atoms with Crippen LogP contribution in [0.3, 0.4) is 0 Å². The number of hydrogen-bond donors (Lipinski definition) is 1. The highest BCUT2D eigenvalue weighted by Gasteiger charge is 2.32. The molecule has 0 heterocycles. The van der Waals surface area contributed by atoms with Crippen LogP contribution < -0.4 is 5.73 Å². The second-order valence-corrected chi connectivity index (χ2v) is 4.13. The maximum Gasteiger partial charge on any atom is 0.327 e. The highest BCUT2D eigenvalue weighted by atomic mass is 31.1. The molecule has 3 nitrogen and oxygen atoms in total. The summed E-state index contributed by atoms with van der Waals surface area (Å²) in [5.74, 6) is 0. The molecule has 1 rings (SSSR count). The second-order valence-electron chi connectivity index (χ2n) is 3.80. The maximum atomic E-state index is 10.5.